The summed E-state index contributed by atoms with van der Waals surface area (Å²) in [6.07, 6.45) is 0. The smallest absolute Gasteiger partial charge is 0.240 e. The molecule has 242 valence electrons. The van der Waals surface area contributed by atoms with E-state index in [0.717, 1.165) is 43.0 Å². The highest BCUT2D eigenvalue weighted by molar-refractivity contribution is 6.24. The van der Waals surface area contributed by atoms with Gasteiger partial charge in [0.1, 0.15) is 11.7 Å². The van der Waals surface area contributed by atoms with Gasteiger partial charge in [0.05, 0.1) is 17.9 Å². The van der Waals surface area contributed by atoms with Gasteiger partial charge >= 0.3 is 0 Å². The number of carbonyl (C=O) groups excluding carboxylic acids is 3. The van der Waals surface area contributed by atoms with Crippen LogP contribution >= 0.6 is 0 Å². The Morgan fingerprint density at radius 3 is 2.35 bits per heavy atom. The van der Waals surface area contributed by atoms with E-state index >= 15 is 0 Å². The molecule has 0 radical (unpaired) electrons. The highest BCUT2D eigenvalue weighted by Crippen LogP contribution is 2.37. The minimum atomic E-state index is -0.773. The maximum Gasteiger partial charge on any atom is 0.240 e. The van der Waals surface area contributed by atoms with E-state index in [1.807, 2.05) is 69.3 Å². The highest BCUT2D eigenvalue weighted by Gasteiger charge is 2.36. The van der Waals surface area contributed by atoms with E-state index in [-0.39, 0.29) is 23.3 Å². The zero-order valence-electron chi connectivity index (χ0n) is 27.5. The first-order valence-corrected chi connectivity index (χ1v) is 15.6. The van der Waals surface area contributed by atoms with E-state index in [1.165, 1.54) is 12.1 Å². The van der Waals surface area contributed by atoms with Crippen molar-refractivity contribution in [2.75, 3.05) is 57.0 Å². The first-order valence-electron chi connectivity index (χ1n) is 15.6. The second kappa shape index (κ2) is 13.5. The van der Waals surface area contributed by atoms with Crippen LogP contribution in [-0.2, 0) is 20.9 Å². The maximum absolute atomic E-state index is 14.1. The van der Waals surface area contributed by atoms with Gasteiger partial charge in [-0.15, -0.1) is 0 Å². The van der Waals surface area contributed by atoms with Crippen LogP contribution < -0.4 is 10.2 Å². The normalized spacial score (nSPS) is 17.4. The Morgan fingerprint density at radius 1 is 1.00 bits per heavy atom. The topological polar surface area (TPSA) is 88.6 Å². The standard InChI is InChI=1S/C36H43FN6O3/c1-24(44)43(36(2,3)4)22-25-8-7-9-26(20-25)34(33-30-15-10-27(37)21-31(30)39-35(33)46)38-28-11-13-29(14-12-28)41(6)32(45)23-42-18-16-40(5)17-19-42/h7-15,20-21,33H,16-19,22-23H2,1-6H3,(H,39,46). The van der Waals surface area contributed by atoms with Gasteiger partial charge in [-0.25, -0.2) is 4.39 Å². The summed E-state index contributed by atoms with van der Waals surface area (Å²) >= 11 is 0. The molecular weight excluding hydrogens is 583 g/mol. The number of piperazine rings is 1. The average molecular weight is 627 g/mol. The van der Waals surface area contributed by atoms with Gasteiger partial charge in [0, 0.05) is 63.6 Å². The molecule has 3 amide bonds. The van der Waals surface area contributed by atoms with Gasteiger partial charge in [0.25, 0.3) is 0 Å². The van der Waals surface area contributed by atoms with Crippen molar-refractivity contribution < 1.29 is 18.8 Å². The number of fused-ring (bicyclic) bond motifs is 1. The number of nitrogens with one attached hydrogen (secondary N) is 1. The number of hydrogen-bond acceptors (Lipinski definition) is 6. The zero-order valence-corrected chi connectivity index (χ0v) is 27.5. The molecule has 1 atom stereocenters. The fourth-order valence-corrected chi connectivity index (χ4v) is 5.97. The monoisotopic (exact) mass is 626 g/mol. The van der Waals surface area contributed by atoms with Gasteiger partial charge in [-0.3, -0.25) is 24.3 Å². The van der Waals surface area contributed by atoms with E-state index in [2.05, 4.69) is 22.2 Å². The van der Waals surface area contributed by atoms with Crippen molar-refractivity contribution in [3.05, 3.63) is 89.2 Å². The highest BCUT2D eigenvalue weighted by atomic mass is 19.1. The van der Waals surface area contributed by atoms with Crippen LogP contribution in [0.25, 0.3) is 0 Å². The van der Waals surface area contributed by atoms with E-state index in [0.29, 0.717) is 35.7 Å². The molecule has 9 nitrogen and oxygen atoms in total. The first-order chi connectivity index (χ1) is 21.8. The van der Waals surface area contributed by atoms with Crippen molar-refractivity contribution in [3.63, 3.8) is 0 Å². The Hall–Kier alpha value is -4.41. The summed E-state index contributed by atoms with van der Waals surface area (Å²) in [7, 11) is 3.86. The molecule has 0 aromatic heterocycles. The molecule has 2 aliphatic heterocycles. The number of amides is 3. The van der Waals surface area contributed by atoms with Crippen LogP contribution in [0.1, 0.15) is 50.3 Å². The molecule has 2 heterocycles. The van der Waals surface area contributed by atoms with Gasteiger partial charge < -0.3 is 20.0 Å². The van der Waals surface area contributed by atoms with E-state index in [1.54, 1.807) is 29.8 Å². The molecule has 0 aliphatic carbocycles. The lowest BCUT2D eigenvalue weighted by atomic mass is 9.89. The van der Waals surface area contributed by atoms with Gasteiger partial charge in [-0.2, -0.15) is 0 Å². The summed E-state index contributed by atoms with van der Waals surface area (Å²) in [6, 6.07) is 19.3. The third-order valence-electron chi connectivity index (χ3n) is 8.69. The number of likely N-dealkylation sites (N-methyl/N-ethyl adjacent to an activating group) is 2. The van der Waals surface area contributed by atoms with Gasteiger partial charge in [0.2, 0.25) is 17.7 Å². The maximum atomic E-state index is 14.1. The van der Waals surface area contributed by atoms with E-state index < -0.39 is 11.7 Å². The Labute approximate surface area is 270 Å². The van der Waals surface area contributed by atoms with Crippen LogP contribution in [0.4, 0.5) is 21.5 Å². The predicted molar refractivity (Wildman–Crippen MR) is 180 cm³/mol. The van der Waals surface area contributed by atoms with Crippen molar-refractivity contribution in [2.24, 2.45) is 4.99 Å². The van der Waals surface area contributed by atoms with Crippen molar-refractivity contribution in [1.29, 1.82) is 0 Å². The molecule has 0 bridgehead atoms. The van der Waals surface area contributed by atoms with Gasteiger partial charge in [0.15, 0.2) is 0 Å². The number of aliphatic imine (C=N–C) groups is 1. The van der Waals surface area contributed by atoms with E-state index in [4.69, 9.17) is 4.99 Å². The first kappa shape index (κ1) is 33.0. The number of rotatable bonds is 8. The number of hydrogen-bond donors (Lipinski definition) is 1. The molecule has 3 aromatic carbocycles. The molecule has 0 spiro atoms. The summed E-state index contributed by atoms with van der Waals surface area (Å²) in [5, 5.41) is 2.81. The molecule has 1 N–H and O–H groups in total. The van der Waals surface area contributed by atoms with Gasteiger partial charge in [-0.05, 0) is 87.0 Å². The number of benzene rings is 3. The Morgan fingerprint density at radius 2 is 1.70 bits per heavy atom. The largest absolute Gasteiger partial charge is 0.334 e. The fourth-order valence-electron chi connectivity index (χ4n) is 5.97. The summed E-state index contributed by atoms with van der Waals surface area (Å²) in [6.45, 7) is 11.9. The van der Waals surface area contributed by atoms with Crippen LogP contribution in [0.3, 0.4) is 0 Å². The number of carbonyl (C=O) groups is 3. The van der Waals surface area contributed by atoms with Crippen molar-refractivity contribution in [1.82, 2.24) is 14.7 Å². The minimum Gasteiger partial charge on any atom is -0.334 e. The molecule has 10 heteroatoms. The third kappa shape index (κ3) is 7.51. The second-order valence-corrected chi connectivity index (χ2v) is 13.2. The molecular formula is C36H43FN6O3. The van der Waals surface area contributed by atoms with Crippen molar-refractivity contribution >= 4 is 40.5 Å². The molecule has 1 fully saturated rings. The van der Waals surface area contributed by atoms with Crippen LogP contribution in [0.2, 0.25) is 0 Å². The Kier molecular flexibility index (Phi) is 9.69. The fraction of sp³-hybridized carbons (Fsp3) is 0.389. The predicted octanol–water partition coefficient (Wildman–Crippen LogP) is 5.04. The molecule has 2 aliphatic rings. The molecule has 3 aromatic rings. The van der Waals surface area contributed by atoms with Crippen LogP contribution in [0.5, 0.6) is 0 Å². The minimum absolute atomic E-state index is 0.0136. The lowest BCUT2D eigenvalue weighted by molar-refractivity contribution is -0.134. The number of halogens is 1. The van der Waals surface area contributed by atoms with Crippen LogP contribution in [0, 0.1) is 5.82 Å². The summed E-state index contributed by atoms with van der Waals surface area (Å²) in [4.78, 5) is 51.8. The van der Waals surface area contributed by atoms with Crippen molar-refractivity contribution in [3.8, 4) is 0 Å². The molecule has 0 saturated carbocycles. The van der Waals surface area contributed by atoms with Crippen molar-refractivity contribution in [2.45, 2.75) is 45.7 Å². The molecule has 1 saturated heterocycles. The molecule has 5 rings (SSSR count). The van der Waals surface area contributed by atoms with Crippen LogP contribution in [-0.4, -0.2) is 90.5 Å². The number of nitrogens with zero attached hydrogens (tertiary/aromatic N) is 5. The lowest BCUT2D eigenvalue weighted by Gasteiger charge is -2.35. The second-order valence-electron chi connectivity index (χ2n) is 13.2. The zero-order chi connectivity index (χ0) is 33.2. The van der Waals surface area contributed by atoms with Gasteiger partial charge in [-0.1, -0.05) is 24.3 Å². The Balaban J connectivity index is 1.47. The van der Waals surface area contributed by atoms with E-state index in [9.17, 15) is 18.8 Å². The third-order valence-corrected chi connectivity index (χ3v) is 8.69. The SMILES string of the molecule is CC(=O)N(Cc1cccc(C(=Nc2ccc(N(C)C(=O)CN3CCN(C)CC3)cc2)C2C(=O)Nc3cc(F)ccc32)c1)C(C)(C)C. The summed E-state index contributed by atoms with van der Waals surface area (Å²) in [5.41, 5.74) is 4.14. The quantitative estimate of drug-likeness (QED) is 0.354. The lowest BCUT2D eigenvalue weighted by Crippen LogP contribution is -2.48. The van der Waals surface area contributed by atoms with Crippen LogP contribution in [0.15, 0.2) is 71.7 Å². The summed E-state index contributed by atoms with van der Waals surface area (Å²) in [5.74, 6) is -1.53. The Bertz CT molecular complexity index is 1640. The molecule has 46 heavy (non-hydrogen) atoms. The average Bonchev–Trinajstić information content (AvgIpc) is 3.33. The molecule has 1 unspecified atom stereocenters. The summed E-state index contributed by atoms with van der Waals surface area (Å²) < 4.78 is 14.1. The number of anilines is 2.